The number of carbonyl (C=O) groups excluding carboxylic acids is 1. The molecular weight excluding hydrogens is 281 g/mol. The van der Waals surface area contributed by atoms with Crippen LogP contribution in [-0.2, 0) is 4.79 Å². The SMILES string of the molecule is CC(=O)N1C(C)(C)C[CH]([SnH])CC1(C)C. The van der Waals surface area contributed by atoms with E-state index in [1.54, 1.807) is 6.92 Å². The van der Waals surface area contributed by atoms with E-state index >= 15 is 0 Å². The number of carbonyl (C=O) groups is 1. The second-order valence-electron chi connectivity index (χ2n) is 5.65. The van der Waals surface area contributed by atoms with Gasteiger partial charge in [0.2, 0.25) is 0 Å². The Balaban J connectivity index is 3.03. The molecule has 0 aliphatic carbocycles. The van der Waals surface area contributed by atoms with E-state index in [9.17, 15) is 4.79 Å². The van der Waals surface area contributed by atoms with Gasteiger partial charge in [-0.25, -0.2) is 0 Å². The zero-order valence-corrected chi connectivity index (χ0v) is 13.2. The van der Waals surface area contributed by atoms with Crippen molar-refractivity contribution in [3.8, 4) is 0 Å². The molecule has 0 N–H and O–H groups in total. The van der Waals surface area contributed by atoms with Crippen molar-refractivity contribution < 1.29 is 4.79 Å². The number of amides is 1. The third-order valence-corrected chi connectivity index (χ3v) is 4.39. The predicted molar refractivity (Wildman–Crippen MR) is 60.8 cm³/mol. The summed E-state index contributed by atoms with van der Waals surface area (Å²) in [4.78, 5) is 13.7. The molecule has 1 aliphatic rings. The van der Waals surface area contributed by atoms with Gasteiger partial charge in [-0.05, 0) is 0 Å². The van der Waals surface area contributed by atoms with Crippen molar-refractivity contribution in [2.75, 3.05) is 0 Å². The van der Waals surface area contributed by atoms with Gasteiger partial charge < -0.3 is 0 Å². The molecule has 0 spiro atoms. The quantitative estimate of drug-likeness (QED) is 0.626. The van der Waals surface area contributed by atoms with Crippen LogP contribution in [0.25, 0.3) is 0 Å². The van der Waals surface area contributed by atoms with E-state index in [0.717, 1.165) is 16.8 Å². The number of hydrogen-bond acceptors (Lipinski definition) is 1. The average Bonchev–Trinajstić information content (AvgIpc) is 1.75. The molecule has 1 heterocycles. The summed E-state index contributed by atoms with van der Waals surface area (Å²) in [7, 11) is 0. The molecule has 2 radical (unpaired) electrons. The van der Waals surface area contributed by atoms with Gasteiger partial charge >= 0.3 is 101 Å². The van der Waals surface area contributed by atoms with Gasteiger partial charge in [0.25, 0.3) is 0 Å². The van der Waals surface area contributed by atoms with Crippen molar-refractivity contribution >= 4 is 28.4 Å². The van der Waals surface area contributed by atoms with Gasteiger partial charge in [-0.1, -0.05) is 0 Å². The van der Waals surface area contributed by atoms with Crippen LogP contribution in [0.4, 0.5) is 0 Å². The van der Waals surface area contributed by atoms with E-state index in [1.807, 2.05) is 0 Å². The first kappa shape index (κ1) is 12.3. The minimum absolute atomic E-state index is 0.0394. The van der Waals surface area contributed by atoms with Crippen molar-refractivity contribution in [3.63, 3.8) is 0 Å². The number of piperidine rings is 1. The van der Waals surface area contributed by atoms with Crippen LogP contribution in [0.2, 0.25) is 3.93 Å². The Hall–Kier alpha value is 0.269. The van der Waals surface area contributed by atoms with Crippen molar-refractivity contribution in [2.24, 2.45) is 0 Å². The van der Waals surface area contributed by atoms with Crippen LogP contribution in [0.1, 0.15) is 47.5 Å². The monoisotopic (exact) mass is 303 g/mol. The molecule has 2 nitrogen and oxygen atoms in total. The third kappa shape index (κ3) is 2.26. The second-order valence-corrected chi connectivity index (χ2v) is 8.34. The van der Waals surface area contributed by atoms with Crippen LogP contribution in [0, 0.1) is 0 Å². The Morgan fingerprint density at radius 2 is 1.57 bits per heavy atom. The molecule has 3 heteroatoms. The summed E-state index contributed by atoms with van der Waals surface area (Å²) in [6.45, 7) is 10.5. The summed E-state index contributed by atoms with van der Waals surface area (Å²) in [6.07, 6.45) is 2.33. The van der Waals surface area contributed by atoms with Gasteiger partial charge in [0.05, 0.1) is 0 Å². The van der Waals surface area contributed by atoms with Gasteiger partial charge in [-0.2, -0.15) is 0 Å². The van der Waals surface area contributed by atoms with E-state index in [1.165, 1.54) is 22.5 Å². The fourth-order valence-electron chi connectivity index (χ4n) is 3.21. The number of likely N-dealkylation sites (tertiary alicyclic amines) is 1. The van der Waals surface area contributed by atoms with Crippen molar-refractivity contribution in [1.82, 2.24) is 4.90 Å². The fraction of sp³-hybridized carbons (Fsp3) is 0.909. The average molecular weight is 302 g/mol. The first-order valence-electron chi connectivity index (χ1n) is 5.23. The molecule has 1 rings (SSSR count). The second kappa shape index (κ2) is 3.69. The van der Waals surface area contributed by atoms with Crippen LogP contribution in [0.3, 0.4) is 0 Å². The summed E-state index contributed by atoms with van der Waals surface area (Å²) < 4.78 is 0.834. The Labute approximate surface area is 101 Å². The molecule has 0 aromatic rings. The number of rotatable bonds is 0. The Morgan fingerprint density at radius 3 is 1.86 bits per heavy atom. The number of nitrogens with zero attached hydrogens (tertiary/aromatic N) is 1. The molecule has 0 bridgehead atoms. The summed E-state index contributed by atoms with van der Waals surface area (Å²) in [5.74, 6) is 0.215. The van der Waals surface area contributed by atoms with E-state index < -0.39 is 0 Å². The number of hydrogen-bond donors (Lipinski definition) is 0. The molecule has 0 aromatic carbocycles. The summed E-state index contributed by atoms with van der Waals surface area (Å²) in [5.41, 5.74) is 0.0789. The van der Waals surface area contributed by atoms with Crippen molar-refractivity contribution in [3.05, 3.63) is 0 Å². The Morgan fingerprint density at radius 1 is 1.21 bits per heavy atom. The normalized spacial score (nSPS) is 26.3. The van der Waals surface area contributed by atoms with E-state index in [0.29, 0.717) is 0 Å². The maximum atomic E-state index is 11.7. The van der Waals surface area contributed by atoms with Crippen LogP contribution in [-0.4, -0.2) is 44.4 Å². The van der Waals surface area contributed by atoms with Crippen LogP contribution in [0.5, 0.6) is 0 Å². The molecule has 14 heavy (non-hydrogen) atoms. The molecule has 1 amide bonds. The van der Waals surface area contributed by atoms with E-state index in [-0.39, 0.29) is 17.0 Å². The summed E-state index contributed by atoms with van der Waals surface area (Å²) in [5, 5.41) is 0. The van der Waals surface area contributed by atoms with E-state index in [4.69, 9.17) is 0 Å². The molecule has 0 aromatic heterocycles. The molecule has 0 unspecified atom stereocenters. The standard InChI is InChI=1S/C11H20NO.Sn.H/c1-9(13)12-10(2,3)7-6-8-11(12,4)5;;/h6H,7-8H2,1-5H3;;. The molecule has 1 aliphatic heterocycles. The fourth-order valence-corrected chi connectivity index (χ4v) is 6.50. The molecule has 1 saturated heterocycles. The Kier molecular flexibility index (Phi) is 3.25. The summed E-state index contributed by atoms with van der Waals surface area (Å²) in [6, 6.07) is 0. The van der Waals surface area contributed by atoms with Crippen LogP contribution >= 0.6 is 0 Å². The first-order chi connectivity index (χ1) is 6.17. The van der Waals surface area contributed by atoms with Gasteiger partial charge in [0.1, 0.15) is 0 Å². The van der Waals surface area contributed by atoms with Crippen molar-refractivity contribution in [1.29, 1.82) is 0 Å². The molecule has 0 atom stereocenters. The maximum absolute atomic E-state index is 11.7. The van der Waals surface area contributed by atoms with Gasteiger partial charge in [0, 0.05) is 0 Å². The zero-order valence-electron chi connectivity index (χ0n) is 9.92. The first-order valence-corrected chi connectivity index (χ1v) is 7.13. The zero-order chi connectivity index (χ0) is 11.1. The molecular formula is C11H21NOSn. The summed E-state index contributed by atoms with van der Waals surface area (Å²) >= 11 is 1.31. The topological polar surface area (TPSA) is 20.3 Å². The Bertz CT molecular complexity index is 230. The van der Waals surface area contributed by atoms with Crippen LogP contribution < -0.4 is 0 Å². The van der Waals surface area contributed by atoms with E-state index in [2.05, 4.69) is 32.6 Å². The van der Waals surface area contributed by atoms with Crippen LogP contribution in [0.15, 0.2) is 0 Å². The van der Waals surface area contributed by atoms with Gasteiger partial charge in [-0.15, -0.1) is 0 Å². The van der Waals surface area contributed by atoms with Gasteiger partial charge in [-0.3, -0.25) is 0 Å². The minimum atomic E-state index is 0.0394. The van der Waals surface area contributed by atoms with Gasteiger partial charge in [0.15, 0.2) is 0 Å². The molecule has 0 saturated carbocycles. The molecule has 1 fully saturated rings. The van der Waals surface area contributed by atoms with Crippen molar-refractivity contribution in [2.45, 2.75) is 62.5 Å². The molecule has 80 valence electrons. The third-order valence-electron chi connectivity index (χ3n) is 3.05. The predicted octanol–water partition coefficient (Wildman–Crippen LogP) is 1.88.